The summed E-state index contributed by atoms with van der Waals surface area (Å²) in [5.41, 5.74) is 0. The fraction of sp³-hybridized carbons (Fsp3) is 1.00. The number of halogens is 1. The normalized spacial score (nSPS) is 27.0. The molecule has 0 bridgehead atoms. The van der Waals surface area contributed by atoms with Gasteiger partial charge in [-0.05, 0) is 12.8 Å². The molecular weight excluding hydrogens is 156 g/mol. The zero-order chi connectivity index (χ0) is 6.53. The molecule has 1 unspecified atom stereocenters. The summed E-state index contributed by atoms with van der Waals surface area (Å²) in [7, 11) is 0. The van der Waals surface area contributed by atoms with Gasteiger partial charge in [-0.3, -0.25) is 0 Å². The highest BCUT2D eigenvalue weighted by atomic mass is 35.5. The average Bonchev–Trinajstić information content (AvgIpc) is 2.34. The number of ether oxygens (including phenoxy) is 1. The van der Waals surface area contributed by atoms with Gasteiger partial charge >= 0.3 is 0 Å². The fourth-order valence-electron chi connectivity index (χ4n) is 0.952. The fourth-order valence-corrected chi connectivity index (χ4v) is 1.83. The van der Waals surface area contributed by atoms with E-state index in [1.165, 1.54) is 12.8 Å². The van der Waals surface area contributed by atoms with Crippen molar-refractivity contribution in [3.63, 3.8) is 0 Å². The first kappa shape index (κ1) is 7.70. The minimum atomic E-state index is 0.494. The summed E-state index contributed by atoms with van der Waals surface area (Å²) in [5.74, 6) is 1.07. The molecule has 54 valence electrons. The predicted molar refractivity (Wildman–Crippen MR) is 42.2 cm³/mol. The lowest BCUT2D eigenvalue weighted by Crippen LogP contribution is -2.07. The Kier molecular flexibility index (Phi) is 3.78. The van der Waals surface area contributed by atoms with Gasteiger partial charge in [0.15, 0.2) is 0 Å². The van der Waals surface area contributed by atoms with Crippen LogP contribution in [-0.2, 0) is 4.74 Å². The highest BCUT2D eigenvalue weighted by Gasteiger charge is 2.14. The molecule has 0 aromatic carbocycles. The van der Waals surface area contributed by atoms with Crippen LogP contribution in [0.3, 0.4) is 0 Å². The van der Waals surface area contributed by atoms with Gasteiger partial charge in [0.25, 0.3) is 0 Å². The highest BCUT2D eigenvalue weighted by molar-refractivity contribution is 8.00. The minimum absolute atomic E-state index is 0.494. The Labute approximate surface area is 65.1 Å². The molecule has 9 heavy (non-hydrogen) atoms. The second-order valence-corrected chi connectivity index (χ2v) is 3.73. The van der Waals surface area contributed by atoms with E-state index in [-0.39, 0.29) is 0 Å². The molecule has 0 aromatic heterocycles. The standard InChI is InChI=1S/C6H11ClOS/c7-5-9-4-6-2-1-3-8-6/h6H,1-5H2. The second-order valence-electron chi connectivity index (χ2n) is 2.11. The van der Waals surface area contributed by atoms with Gasteiger partial charge in [-0.25, -0.2) is 0 Å². The van der Waals surface area contributed by atoms with Crippen LogP contribution in [0.2, 0.25) is 0 Å². The van der Waals surface area contributed by atoms with Crippen molar-refractivity contribution in [1.82, 2.24) is 0 Å². The Morgan fingerprint density at radius 2 is 2.56 bits per heavy atom. The van der Waals surface area contributed by atoms with Gasteiger partial charge in [-0.15, -0.1) is 23.4 Å². The Morgan fingerprint density at radius 1 is 1.67 bits per heavy atom. The lowest BCUT2D eigenvalue weighted by Gasteiger charge is -2.05. The van der Waals surface area contributed by atoms with Crippen LogP contribution in [0.4, 0.5) is 0 Å². The van der Waals surface area contributed by atoms with E-state index in [4.69, 9.17) is 16.3 Å². The summed E-state index contributed by atoms with van der Waals surface area (Å²) < 4.78 is 5.38. The van der Waals surface area contributed by atoms with Gasteiger partial charge in [0, 0.05) is 12.4 Å². The molecule has 1 heterocycles. The zero-order valence-corrected chi connectivity index (χ0v) is 6.88. The van der Waals surface area contributed by atoms with Crippen LogP contribution in [0.15, 0.2) is 0 Å². The first-order chi connectivity index (χ1) is 4.43. The van der Waals surface area contributed by atoms with Crippen molar-refractivity contribution in [1.29, 1.82) is 0 Å². The van der Waals surface area contributed by atoms with Gasteiger partial charge in [0.1, 0.15) is 0 Å². The summed E-state index contributed by atoms with van der Waals surface area (Å²) in [4.78, 5) is 0. The highest BCUT2D eigenvalue weighted by Crippen LogP contribution is 2.17. The van der Waals surface area contributed by atoms with Crippen LogP contribution in [0.1, 0.15) is 12.8 Å². The third kappa shape index (κ3) is 2.78. The van der Waals surface area contributed by atoms with Crippen molar-refractivity contribution in [2.24, 2.45) is 0 Å². The summed E-state index contributed by atoms with van der Waals surface area (Å²) >= 11 is 7.23. The van der Waals surface area contributed by atoms with Gasteiger partial charge in [-0.2, -0.15) is 0 Å². The van der Waals surface area contributed by atoms with Crippen LogP contribution >= 0.6 is 23.4 Å². The van der Waals surface area contributed by atoms with Crippen LogP contribution in [-0.4, -0.2) is 23.7 Å². The summed E-state index contributed by atoms with van der Waals surface area (Å²) in [6.07, 6.45) is 2.95. The Balaban J connectivity index is 1.98. The van der Waals surface area contributed by atoms with Gasteiger partial charge in [0.05, 0.1) is 11.3 Å². The number of rotatable bonds is 3. The lowest BCUT2D eigenvalue weighted by molar-refractivity contribution is 0.129. The summed E-state index contributed by atoms with van der Waals surface area (Å²) in [6.45, 7) is 0.952. The molecule has 0 aromatic rings. The first-order valence-corrected chi connectivity index (χ1v) is 4.87. The maximum Gasteiger partial charge on any atom is 0.0681 e. The minimum Gasteiger partial charge on any atom is -0.377 e. The molecule has 1 aliphatic heterocycles. The van der Waals surface area contributed by atoms with Crippen LogP contribution < -0.4 is 0 Å². The molecule has 1 fully saturated rings. The van der Waals surface area contributed by atoms with Crippen LogP contribution in [0.25, 0.3) is 0 Å². The number of hydrogen-bond donors (Lipinski definition) is 0. The zero-order valence-electron chi connectivity index (χ0n) is 5.31. The van der Waals surface area contributed by atoms with Gasteiger partial charge in [0.2, 0.25) is 0 Å². The van der Waals surface area contributed by atoms with Crippen molar-refractivity contribution in [3.8, 4) is 0 Å². The molecule has 1 saturated heterocycles. The largest absolute Gasteiger partial charge is 0.377 e. The van der Waals surface area contributed by atoms with E-state index >= 15 is 0 Å². The molecule has 0 N–H and O–H groups in total. The maximum absolute atomic E-state index is 5.49. The molecule has 1 rings (SSSR count). The number of hydrogen-bond acceptors (Lipinski definition) is 2. The van der Waals surface area contributed by atoms with E-state index in [9.17, 15) is 0 Å². The third-order valence-electron chi connectivity index (χ3n) is 1.40. The van der Waals surface area contributed by atoms with E-state index in [1.807, 2.05) is 0 Å². The van der Waals surface area contributed by atoms with E-state index in [0.717, 1.165) is 12.4 Å². The molecule has 1 nitrogen and oxygen atoms in total. The molecule has 0 saturated carbocycles. The van der Waals surface area contributed by atoms with E-state index in [0.29, 0.717) is 11.3 Å². The molecule has 3 heteroatoms. The summed E-state index contributed by atoms with van der Waals surface area (Å²) in [5, 5.41) is 0.694. The van der Waals surface area contributed by atoms with Crippen molar-refractivity contribution in [2.45, 2.75) is 18.9 Å². The first-order valence-electron chi connectivity index (χ1n) is 3.19. The predicted octanol–water partition coefficient (Wildman–Crippen LogP) is 2.09. The summed E-state index contributed by atoms with van der Waals surface area (Å²) in [6, 6.07) is 0. The molecule has 0 amide bonds. The van der Waals surface area contributed by atoms with E-state index in [1.54, 1.807) is 11.8 Å². The topological polar surface area (TPSA) is 9.23 Å². The molecule has 1 aliphatic rings. The van der Waals surface area contributed by atoms with E-state index < -0.39 is 0 Å². The molecule has 0 radical (unpaired) electrons. The Hall–Kier alpha value is 0.600. The third-order valence-corrected chi connectivity index (χ3v) is 2.63. The van der Waals surface area contributed by atoms with Gasteiger partial charge < -0.3 is 4.74 Å². The Morgan fingerprint density at radius 3 is 3.11 bits per heavy atom. The van der Waals surface area contributed by atoms with E-state index in [2.05, 4.69) is 0 Å². The smallest absolute Gasteiger partial charge is 0.0681 e. The van der Waals surface area contributed by atoms with Crippen LogP contribution in [0.5, 0.6) is 0 Å². The Bertz CT molecular complexity index is 73.5. The molecule has 1 atom stereocenters. The molecule has 0 spiro atoms. The average molecular weight is 167 g/mol. The maximum atomic E-state index is 5.49. The molecular formula is C6H11ClOS. The molecule has 0 aliphatic carbocycles. The van der Waals surface area contributed by atoms with Crippen molar-refractivity contribution in [3.05, 3.63) is 0 Å². The lowest BCUT2D eigenvalue weighted by atomic mass is 10.3. The van der Waals surface area contributed by atoms with Crippen LogP contribution in [0, 0.1) is 0 Å². The second kappa shape index (κ2) is 4.42. The number of thioether (sulfide) groups is 1. The monoisotopic (exact) mass is 166 g/mol. The van der Waals surface area contributed by atoms with Crippen molar-refractivity contribution >= 4 is 23.4 Å². The van der Waals surface area contributed by atoms with Gasteiger partial charge in [-0.1, -0.05) is 0 Å². The van der Waals surface area contributed by atoms with Crippen molar-refractivity contribution < 1.29 is 4.74 Å². The van der Waals surface area contributed by atoms with Crippen molar-refractivity contribution in [2.75, 3.05) is 17.6 Å². The number of alkyl halides is 1. The SMILES string of the molecule is ClCSCC1CCCO1. The quantitative estimate of drug-likeness (QED) is 0.594.